The smallest absolute Gasteiger partial charge is 0.246 e. The van der Waals surface area contributed by atoms with E-state index in [0.29, 0.717) is 11.6 Å². The highest BCUT2D eigenvalue weighted by Gasteiger charge is 2.20. The van der Waals surface area contributed by atoms with Crippen LogP contribution in [0.3, 0.4) is 0 Å². The van der Waals surface area contributed by atoms with Gasteiger partial charge in [0.2, 0.25) is 11.7 Å². The van der Waals surface area contributed by atoms with E-state index in [1.54, 1.807) is 20.1 Å². The van der Waals surface area contributed by atoms with Gasteiger partial charge in [-0.25, -0.2) is 0 Å². The van der Waals surface area contributed by atoms with E-state index in [1.165, 1.54) is 0 Å². The number of rotatable bonds is 4. The number of hydrogen-bond acceptors (Lipinski definition) is 6. The van der Waals surface area contributed by atoms with Crippen LogP contribution in [0.2, 0.25) is 0 Å². The summed E-state index contributed by atoms with van der Waals surface area (Å²) in [7, 11) is 1.59. The van der Waals surface area contributed by atoms with Gasteiger partial charge in [-0.15, -0.1) is 0 Å². The Bertz CT molecular complexity index is 525. The summed E-state index contributed by atoms with van der Waals surface area (Å²) in [4.78, 5) is 4.16. The third-order valence-corrected chi connectivity index (χ3v) is 2.57. The van der Waals surface area contributed by atoms with Gasteiger partial charge >= 0.3 is 0 Å². The first-order valence-electron chi connectivity index (χ1n) is 5.53. The summed E-state index contributed by atoms with van der Waals surface area (Å²) in [5.41, 5.74) is 6.48. The zero-order valence-corrected chi connectivity index (χ0v) is 10.2. The van der Waals surface area contributed by atoms with Crippen molar-refractivity contribution in [2.75, 3.05) is 7.11 Å². The molecule has 1 aromatic carbocycles. The second kappa shape index (κ2) is 5.16. The maximum Gasteiger partial charge on any atom is 0.246 e. The molecule has 6 nitrogen and oxygen atoms in total. The third kappa shape index (κ3) is 2.49. The predicted molar refractivity (Wildman–Crippen MR) is 64.9 cm³/mol. The Hall–Kier alpha value is -1.92. The fourth-order valence-corrected chi connectivity index (χ4v) is 1.46. The largest absolute Gasteiger partial charge is 0.497 e. The summed E-state index contributed by atoms with van der Waals surface area (Å²) in [6.07, 6.45) is -0.747. The fourth-order valence-electron chi connectivity index (χ4n) is 1.46. The van der Waals surface area contributed by atoms with Crippen molar-refractivity contribution in [1.82, 2.24) is 10.1 Å². The molecule has 0 aliphatic heterocycles. The predicted octanol–water partition coefficient (Wildman–Crippen LogP) is 1.13. The molecule has 6 heteroatoms. The molecule has 2 aromatic rings. The van der Waals surface area contributed by atoms with E-state index in [9.17, 15) is 5.11 Å². The molecule has 0 aliphatic rings. The van der Waals surface area contributed by atoms with E-state index in [4.69, 9.17) is 15.0 Å². The third-order valence-electron chi connectivity index (χ3n) is 2.57. The molecule has 0 radical (unpaired) electrons. The van der Waals surface area contributed by atoms with Gasteiger partial charge in [0, 0.05) is 5.56 Å². The second-order valence-electron chi connectivity index (χ2n) is 3.95. The van der Waals surface area contributed by atoms with Crippen LogP contribution >= 0.6 is 0 Å². The summed E-state index contributed by atoms with van der Waals surface area (Å²) < 4.78 is 10.1. The number of benzene rings is 1. The first-order chi connectivity index (χ1) is 8.61. The molecule has 2 atom stereocenters. The lowest BCUT2D eigenvalue weighted by molar-refractivity contribution is 0.146. The number of ether oxygens (including phenoxy) is 1. The minimum Gasteiger partial charge on any atom is -0.497 e. The molecule has 0 spiro atoms. The van der Waals surface area contributed by atoms with E-state index in [1.807, 2.05) is 18.2 Å². The zero-order valence-electron chi connectivity index (χ0n) is 10.2. The topological polar surface area (TPSA) is 94.4 Å². The molecular weight excluding hydrogens is 234 g/mol. The lowest BCUT2D eigenvalue weighted by Gasteiger charge is -2.08. The van der Waals surface area contributed by atoms with Crippen molar-refractivity contribution in [3.63, 3.8) is 0 Å². The molecule has 18 heavy (non-hydrogen) atoms. The van der Waals surface area contributed by atoms with Crippen LogP contribution in [0.5, 0.6) is 5.75 Å². The average Bonchev–Trinajstić information content (AvgIpc) is 2.87. The second-order valence-corrected chi connectivity index (χ2v) is 3.95. The highest BCUT2D eigenvalue weighted by atomic mass is 16.5. The van der Waals surface area contributed by atoms with Crippen LogP contribution in [0.1, 0.15) is 18.9 Å². The van der Waals surface area contributed by atoms with Crippen LogP contribution < -0.4 is 10.5 Å². The van der Waals surface area contributed by atoms with E-state index >= 15 is 0 Å². The van der Waals surface area contributed by atoms with Gasteiger partial charge in [-0.05, 0) is 19.1 Å². The molecule has 2 rings (SSSR count). The van der Waals surface area contributed by atoms with Crippen molar-refractivity contribution in [3.05, 3.63) is 30.2 Å². The summed E-state index contributed by atoms with van der Waals surface area (Å²) in [5, 5.41) is 13.2. The zero-order chi connectivity index (χ0) is 13.1. The molecule has 0 amide bonds. The van der Waals surface area contributed by atoms with Gasteiger partial charge in [0.15, 0.2) is 0 Å². The average molecular weight is 249 g/mol. The van der Waals surface area contributed by atoms with Gasteiger partial charge in [0.1, 0.15) is 11.8 Å². The number of nitrogens with zero attached hydrogens (tertiary/aromatic N) is 2. The van der Waals surface area contributed by atoms with Gasteiger partial charge in [0.05, 0.1) is 13.2 Å². The molecule has 96 valence electrons. The minimum absolute atomic E-state index is 0.211. The number of aromatic nitrogens is 2. The van der Waals surface area contributed by atoms with Crippen LogP contribution in [-0.2, 0) is 0 Å². The van der Waals surface area contributed by atoms with Crippen molar-refractivity contribution in [2.24, 2.45) is 5.73 Å². The van der Waals surface area contributed by atoms with Crippen LogP contribution in [-0.4, -0.2) is 28.5 Å². The Morgan fingerprint density at radius 3 is 2.89 bits per heavy atom. The van der Waals surface area contributed by atoms with Gasteiger partial charge in [-0.3, -0.25) is 0 Å². The van der Waals surface area contributed by atoms with Gasteiger partial charge in [-0.2, -0.15) is 4.98 Å². The Balaban J connectivity index is 2.29. The van der Waals surface area contributed by atoms with Crippen LogP contribution in [0.15, 0.2) is 28.8 Å². The Labute approximate surface area is 104 Å². The summed E-state index contributed by atoms with van der Waals surface area (Å²) in [6.45, 7) is 1.57. The molecule has 0 bridgehead atoms. The quantitative estimate of drug-likeness (QED) is 0.843. The first-order valence-corrected chi connectivity index (χ1v) is 5.53. The van der Waals surface area contributed by atoms with Gasteiger partial charge in [0.25, 0.3) is 0 Å². The van der Waals surface area contributed by atoms with E-state index in [2.05, 4.69) is 10.1 Å². The monoisotopic (exact) mass is 249 g/mol. The number of aliphatic hydroxyl groups excluding tert-OH is 1. The van der Waals surface area contributed by atoms with E-state index in [0.717, 1.165) is 5.56 Å². The molecule has 0 saturated carbocycles. The SMILES string of the molecule is COc1cccc(-c2noc(C(N)C(C)O)n2)c1. The number of methoxy groups -OCH3 is 1. The van der Waals surface area contributed by atoms with Crippen molar-refractivity contribution >= 4 is 0 Å². The van der Waals surface area contributed by atoms with Crippen molar-refractivity contribution in [2.45, 2.75) is 19.1 Å². The van der Waals surface area contributed by atoms with Crippen LogP contribution in [0, 0.1) is 0 Å². The molecule has 2 unspecified atom stereocenters. The van der Waals surface area contributed by atoms with Crippen molar-refractivity contribution in [1.29, 1.82) is 0 Å². The number of nitrogens with two attached hydrogens (primary N) is 1. The maximum atomic E-state index is 9.36. The normalized spacial score (nSPS) is 14.2. The van der Waals surface area contributed by atoms with E-state index < -0.39 is 12.1 Å². The molecule has 1 aromatic heterocycles. The molecule has 3 N–H and O–H groups in total. The number of hydrogen-bond donors (Lipinski definition) is 2. The Kier molecular flexibility index (Phi) is 3.59. The fraction of sp³-hybridized carbons (Fsp3) is 0.333. The summed E-state index contributed by atoms with van der Waals surface area (Å²) >= 11 is 0. The molecule has 0 fully saturated rings. The molecule has 0 aliphatic carbocycles. The highest BCUT2D eigenvalue weighted by Crippen LogP contribution is 2.22. The van der Waals surface area contributed by atoms with Crippen LogP contribution in [0.4, 0.5) is 0 Å². The molecule has 1 heterocycles. The lowest BCUT2D eigenvalue weighted by atomic mass is 10.2. The highest BCUT2D eigenvalue weighted by molar-refractivity contribution is 5.56. The van der Waals surface area contributed by atoms with Crippen molar-refractivity contribution < 1.29 is 14.4 Å². The summed E-state index contributed by atoms with van der Waals surface area (Å²) in [6, 6.07) is 6.61. The number of aliphatic hydroxyl groups is 1. The first kappa shape index (κ1) is 12.5. The lowest BCUT2D eigenvalue weighted by Crippen LogP contribution is -2.23. The summed E-state index contributed by atoms with van der Waals surface area (Å²) in [5.74, 6) is 1.33. The van der Waals surface area contributed by atoms with Crippen LogP contribution in [0.25, 0.3) is 11.4 Å². The van der Waals surface area contributed by atoms with Gasteiger partial charge in [-0.1, -0.05) is 17.3 Å². The standard InChI is InChI=1S/C12H15N3O3/c1-7(16)10(13)12-14-11(15-18-12)8-4-3-5-9(6-8)17-2/h3-7,10,16H,13H2,1-2H3. The van der Waals surface area contributed by atoms with Gasteiger partial charge < -0.3 is 20.1 Å². The Morgan fingerprint density at radius 1 is 1.44 bits per heavy atom. The molecule has 0 saturated heterocycles. The molecular formula is C12H15N3O3. The minimum atomic E-state index is -0.747. The maximum absolute atomic E-state index is 9.36. The Morgan fingerprint density at radius 2 is 2.22 bits per heavy atom. The van der Waals surface area contributed by atoms with Crippen molar-refractivity contribution in [3.8, 4) is 17.1 Å². The van der Waals surface area contributed by atoms with E-state index in [-0.39, 0.29) is 5.89 Å².